The number of fused-ring (bicyclic) bond motifs is 1. The number of aryl methyl sites for hydroxylation is 1. The zero-order chi connectivity index (χ0) is 20.3. The van der Waals surface area contributed by atoms with Crippen LogP contribution in [-0.4, -0.2) is 32.7 Å². The second-order valence-electron chi connectivity index (χ2n) is 6.55. The Balaban J connectivity index is 2.02. The van der Waals surface area contributed by atoms with Gasteiger partial charge in [0.25, 0.3) is 10.1 Å². The van der Waals surface area contributed by atoms with Gasteiger partial charge in [0.05, 0.1) is 24.4 Å². The first-order valence-corrected chi connectivity index (χ1v) is 10.5. The van der Waals surface area contributed by atoms with Crippen molar-refractivity contribution >= 4 is 27.0 Å². The van der Waals surface area contributed by atoms with Gasteiger partial charge in [0.15, 0.2) is 0 Å². The Bertz CT molecular complexity index is 1110. The van der Waals surface area contributed by atoms with Crippen LogP contribution in [0.15, 0.2) is 54.6 Å². The van der Waals surface area contributed by atoms with Crippen molar-refractivity contribution in [1.82, 2.24) is 4.98 Å². The maximum absolute atomic E-state index is 11.9. The molecule has 28 heavy (non-hydrogen) atoms. The zero-order valence-electron chi connectivity index (χ0n) is 15.9. The van der Waals surface area contributed by atoms with Crippen LogP contribution >= 0.6 is 0 Å². The molecule has 1 heterocycles. The van der Waals surface area contributed by atoms with Gasteiger partial charge in [-0.1, -0.05) is 30.3 Å². The molecule has 0 saturated heterocycles. The summed E-state index contributed by atoms with van der Waals surface area (Å²) in [6.45, 7) is 1.86. The number of pyridine rings is 1. The Morgan fingerprint density at radius 3 is 2.43 bits per heavy atom. The Morgan fingerprint density at radius 2 is 1.79 bits per heavy atom. The van der Waals surface area contributed by atoms with E-state index >= 15 is 0 Å². The molecule has 1 unspecified atom stereocenters. The second-order valence-corrected chi connectivity index (χ2v) is 8.15. The number of carbonyl (C=O) groups excluding carboxylic acids is 1. The molecule has 1 atom stereocenters. The highest BCUT2D eigenvalue weighted by Crippen LogP contribution is 2.30. The van der Waals surface area contributed by atoms with Crippen molar-refractivity contribution in [3.8, 4) is 0 Å². The van der Waals surface area contributed by atoms with Gasteiger partial charge in [-0.2, -0.15) is 8.42 Å². The van der Waals surface area contributed by atoms with Gasteiger partial charge in [-0.15, -0.1) is 0 Å². The molecule has 146 valence electrons. The summed E-state index contributed by atoms with van der Waals surface area (Å²) >= 11 is 0. The Morgan fingerprint density at radius 1 is 1.11 bits per heavy atom. The van der Waals surface area contributed by atoms with Gasteiger partial charge in [0, 0.05) is 17.5 Å². The number of methoxy groups -OCH3 is 1. The number of aromatic nitrogens is 1. The number of esters is 1. The van der Waals surface area contributed by atoms with Crippen molar-refractivity contribution in [2.45, 2.75) is 19.4 Å². The zero-order valence-corrected chi connectivity index (χ0v) is 16.7. The average molecular weight is 399 g/mol. The highest BCUT2D eigenvalue weighted by atomic mass is 32.2. The highest BCUT2D eigenvalue weighted by Gasteiger charge is 2.22. The lowest BCUT2D eigenvalue weighted by molar-refractivity contribution is 0.0600. The summed E-state index contributed by atoms with van der Waals surface area (Å²) in [6.07, 6.45) is 0.643. The third-order valence-electron chi connectivity index (χ3n) is 4.31. The number of hydrogen-bond donors (Lipinski definition) is 0. The largest absolute Gasteiger partial charge is 0.465 e. The molecule has 0 amide bonds. The predicted molar refractivity (Wildman–Crippen MR) is 107 cm³/mol. The number of rotatable bonds is 6. The summed E-state index contributed by atoms with van der Waals surface area (Å²) in [5, 5.41) is 0.841. The molecule has 0 radical (unpaired) electrons. The molecule has 3 aromatic rings. The first kappa shape index (κ1) is 20.0. The van der Waals surface area contributed by atoms with E-state index in [1.165, 1.54) is 7.11 Å². The molecular formula is C21H21NO5S. The molecule has 0 bridgehead atoms. The van der Waals surface area contributed by atoms with Crippen LogP contribution < -0.4 is 0 Å². The fraction of sp³-hybridized carbons (Fsp3) is 0.238. The molecule has 0 aliphatic heterocycles. The quantitative estimate of drug-likeness (QED) is 0.465. The molecule has 1 aromatic heterocycles. The molecule has 0 saturated carbocycles. The standard InChI is InChI=1S/C21H21NO5S/c1-14-12-18(17-6-4-5-7-19(17)22-14)20(27-28(3,24)25)13-15-8-10-16(11-9-15)21(23)26-2/h4-12,20H,13H2,1-3H3. The van der Waals surface area contributed by atoms with Crippen molar-refractivity contribution in [3.63, 3.8) is 0 Å². The van der Waals surface area contributed by atoms with Gasteiger partial charge < -0.3 is 4.74 Å². The Hall–Kier alpha value is -2.77. The first-order valence-electron chi connectivity index (χ1n) is 8.68. The normalized spacial score (nSPS) is 12.7. The van der Waals surface area contributed by atoms with Crippen molar-refractivity contribution in [2.75, 3.05) is 13.4 Å². The van der Waals surface area contributed by atoms with Crippen LogP contribution in [0.2, 0.25) is 0 Å². The van der Waals surface area contributed by atoms with E-state index in [9.17, 15) is 13.2 Å². The van der Waals surface area contributed by atoms with E-state index in [2.05, 4.69) is 4.98 Å². The number of hydrogen-bond acceptors (Lipinski definition) is 6. The third kappa shape index (κ3) is 4.74. The molecule has 2 aromatic carbocycles. The van der Waals surface area contributed by atoms with Gasteiger partial charge >= 0.3 is 5.97 Å². The van der Waals surface area contributed by atoms with Crippen LogP contribution in [0.1, 0.15) is 33.3 Å². The summed E-state index contributed by atoms with van der Waals surface area (Å²) in [5.74, 6) is -0.425. The SMILES string of the molecule is COC(=O)c1ccc(CC(OS(C)(=O)=O)c2cc(C)nc3ccccc23)cc1. The van der Waals surface area contributed by atoms with Crippen LogP contribution in [0.25, 0.3) is 10.9 Å². The second kappa shape index (κ2) is 8.08. The fourth-order valence-corrected chi connectivity index (χ4v) is 3.72. The van der Waals surface area contributed by atoms with Crippen LogP contribution in [0, 0.1) is 6.92 Å². The van der Waals surface area contributed by atoms with E-state index in [1.807, 2.05) is 37.3 Å². The number of carbonyl (C=O) groups is 1. The molecule has 6 nitrogen and oxygen atoms in total. The summed E-state index contributed by atoms with van der Waals surface area (Å²) in [4.78, 5) is 16.1. The van der Waals surface area contributed by atoms with Gasteiger partial charge in [-0.05, 0) is 42.3 Å². The minimum absolute atomic E-state index is 0.321. The van der Waals surface area contributed by atoms with Crippen LogP contribution in [-0.2, 0) is 25.5 Å². The van der Waals surface area contributed by atoms with Crippen LogP contribution in [0.3, 0.4) is 0 Å². The molecule has 0 aliphatic carbocycles. The summed E-state index contributed by atoms with van der Waals surface area (Å²) in [7, 11) is -2.37. The summed E-state index contributed by atoms with van der Waals surface area (Å²) in [5.41, 5.74) is 3.57. The maximum atomic E-state index is 11.9. The van der Waals surface area contributed by atoms with E-state index in [-0.39, 0.29) is 0 Å². The first-order chi connectivity index (χ1) is 13.3. The van der Waals surface area contributed by atoms with E-state index in [0.29, 0.717) is 12.0 Å². The molecule has 0 N–H and O–H groups in total. The third-order valence-corrected chi connectivity index (χ3v) is 4.89. The molecular weight excluding hydrogens is 378 g/mol. The topological polar surface area (TPSA) is 82.6 Å². The van der Waals surface area contributed by atoms with Gasteiger partial charge in [0.2, 0.25) is 0 Å². The molecule has 0 aliphatic rings. The summed E-state index contributed by atoms with van der Waals surface area (Å²) in [6, 6.07) is 16.2. The Kier molecular flexibility index (Phi) is 5.76. The van der Waals surface area contributed by atoms with Gasteiger partial charge in [-0.3, -0.25) is 9.17 Å². The minimum atomic E-state index is -3.69. The summed E-state index contributed by atoms with van der Waals surface area (Å²) < 4.78 is 34.0. The molecule has 7 heteroatoms. The minimum Gasteiger partial charge on any atom is -0.465 e. The predicted octanol–water partition coefficient (Wildman–Crippen LogP) is 3.59. The maximum Gasteiger partial charge on any atom is 0.337 e. The molecule has 0 fully saturated rings. The van der Waals surface area contributed by atoms with E-state index in [1.54, 1.807) is 24.3 Å². The van der Waals surface area contributed by atoms with Crippen molar-refractivity contribution < 1.29 is 22.1 Å². The fourth-order valence-electron chi connectivity index (χ4n) is 3.12. The van der Waals surface area contributed by atoms with Gasteiger partial charge in [0.1, 0.15) is 6.10 Å². The van der Waals surface area contributed by atoms with Crippen molar-refractivity contribution in [1.29, 1.82) is 0 Å². The van der Waals surface area contributed by atoms with Crippen molar-refractivity contribution in [2.24, 2.45) is 0 Å². The number of benzene rings is 2. The van der Waals surface area contributed by atoms with E-state index < -0.39 is 22.2 Å². The Labute approximate surface area is 164 Å². The van der Waals surface area contributed by atoms with Gasteiger partial charge in [-0.25, -0.2) is 4.79 Å². The number of para-hydroxylation sites is 1. The lowest BCUT2D eigenvalue weighted by atomic mass is 9.97. The average Bonchev–Trinajstić information content (AvgIpc) is 2.65. The van der Waals surface area contributed by atoms with Crippen molar-refractivity contribution in [3.05, 3.63) is 77.0 Å². The highest BCUT2D eigenvalue weighted by molar-refractivity contribution is 7.86. The van der Waals surface area contributed by atoms with Crippen LogP contribution in [0.5, 0.6) is 0 Å². The number of nitrogens with zero attached hydrogens (tertiary/aromatic N) is 1. The van der Waals surface area contributed by atoms with E-state index in [0.717, 1.165) is 34.0 Å². The number of ether oxygens (including phenoxy) is 1. The monoisotopic (exact) mass is 399 g/mol. The smallest absolute Gasteiger partial charge is 0.337 e. The molecule has 3 rings (SSSR count). The molecule has 0 spiro atoms. The lowest BCUT2D eigenvalue weighted by Gasteiger charge is -2.19. The lowest BCUT2D eigenvalue weighted by Crippen LogP contribution is -2.14. The van der Waals surface area contributed by atoms with E-state index in [4.69, 9.17) is 8.92 Å². The van der Waals surface area contributed by atoms with Crippen LogP contribution in [0.4, 0.5) is 0 Å².